The third-order valence-electron chi connectivity index (χ3n) is 5.42. The van der Waals surface area contributed by atoms with Crippen LogP contribution >= 0.6 is 0 Å². The van der Waals surface area contributed by atoms with Gasteiger partial charge < -0.3 is 15.0 Å². The number of hydrogen-bond donors (Lipinski definition) is 3. The van der Waals surface area contributed by atoms with Gasteiger partial charge in [0.15, 0.2) is 0 Å². The third-order valence-corrected chi connectivity index (χ3v) is 6.03. The van der Waals surface area contributed by atoms with Crippen molar-refractivity contribution in [3.8, 4) is 5.75 Å². The first-order valence-corrected chi connectivity index (χ1v) is 12.0. The lowest BCUT2D eigenvalue weighted by atomic mass is 10.1. The summed E-state index contributed by atoms with van der Waals surface area (Å²) in [4.78, 5) is 8.42. The SMILES string of the molecule is COc1cc(NS(C)(=O)=O)ccc1Nc1cccc2[nH]c3cc4c(C)cccc4nc3c12. The van der Waals surface area contributed by atoms with Crippen LogP contribution in [-0.4, -0.2) is 31.8 Å². The van der Waals surface area contributed by atoms with Crippen molar-refractivity contribution in [2.24, 2.45) is 0 Å². The Morgan fingerprint density at radius 2 is 1.78 bits per heavy atom. The average molecular weight is 447 g/mol. The molecule has 7 nitrogen and oxygen atoms in total. The molecule has 2 heterocycles. The van der Waals surface area contributed by atoms with Crippen molar-refractivity contribution in [3.05, 3.63) is 66.2 Å². The van der Waals surface area contributed by atoms with Crippen LogP contribution in [-0.2, 0) is 10.0 Å². The lowest BCUT2D eigenvalue weighted by Crippen LogP contribution is -2.09. The van der Waals surface area contributed by atoms with E-state index in [2.05, 4.69) is 34.1 Å². The number of ether oxygens (including phenoxy) is 1. The first-order valence-electron chi connectivity index (χ1n) is 10.1. The minimum Gasteiger partial charge on any atom is -0.494 e. The molecule has 0 radical (unpaired) electrons. The van der Waals surface area contributed by atoms with Crippen molar-refractivity contribution in [3.63, 3.8) is 0 Å². The Balaban J connectivity index is 1.64. The van der Waals surface area contributed by atoms with Crippen molar-refractivity contribution in [1.29, 1.82) is 0 Å². The Bertz CT molecular complexity index is 1610. The number of H-pyrrole nitrogens is 1. The fourth-order valence-electron chi connectivity index (χ4n) is 4.01. The van der Waals surface area contributed by atoms with Gasteiger partial charge in [-0.25, -0.2) is 13.4 Å². The van der Waals surface area contributed by atoms with Crippen molar-refractivity contribution in [1.82, 2.24) is 9.97 Å². The van der Waals surface area contributed by atoms with Crippen molar-refractivity contribution >= 4 is 59.9 Å². The number of hydrogen-bond acceptors (Lipinski definition) is 5. The highest BCUT2D eigenvalue weighted by molar-refractivity contribution is 7.92. The number of anilines is 3. The fourth-order valence-corrected chi connectivity index (χ4v) is 4.56. The number of rotatable bonds is 5. The number of aromatic nitrogens is 2. The van der Waals surface area contributed by atoms with Crippen LogP contribution in [0, 0.1) is 6.92 Å². The van der Waals surface area contributed by atoms with Gasteiger partial charge >= 0.3 is 0 Å². The van der Waals surface area contributed by atoms with E-state index in [1.165, 1.54) is 5.56 Å². The molecule has 5 aromatic rings. The lowest BCUT2D eigenvalue weighted by Gasteiger charge is -2.14. The fraction of sp³-hybridized carbons (Fsp3) is 0.125. The Hall–Kier alpha value is -3.78. The summed E-state index contributed by atoms with van der Waals surface area (Å²) in [7, 11) is -1.83. The number of sulfonamides is 1. The van der Waals surface area contributed by atoms with Crippen LogP contribution in [0.4, 0.5) is 17.1 Å². The second-order valence-electron chi connectivity index (χ2n) is 7.79. The normalized spacial score (nSPS) is 11.8. The number of nitrogens with zero attached hydrogens (tertiary/aromatic N) is 1. The molecule has 0 bridgehead atoms. The van der Waals surface area contributed by atoms with Gasteiger partial charge in [0.25, 0.3) is 0 Å². The van der Waals surface area contributed by atoms with Gasteiger partial charge in [0.1, 0.15) is 5.75 Å². The number of aromatic amines is 1. The van der Waals surface area contributed by atoms with E-state index in [-0.39, 0.29) is 0 Å². The Kier molecular flexibility index (Phi) is 4.67. The number of benzene rings is 3. The molecule has 0 aliphatic heterocycles. The predicted octanol–water partition coefficient (Wildman–Crippen LogP) is 5.30. The van der Waals surface area contributed by atoms with Crippen molar-refractivity contribution < 1.29 is 13.2 Å². The van der Waals surface area contributed by atoms with Gasteiger partial charge in [-0.2, -0.15) is 0 Å². The summed E-state index contributed by atoms with van der Waals surface area (Å²) >= 11 is 0. The summed E-state index contributed by atoms with van der Waals surface area (Å²) in [5, 5.41) is 5.53. The molecule has 0 saturated heterocycles. The quantitative estimate of drug-likeness (QED) is 0.340. The Morgan fingerprint density at radius 1 is 0.969 bits per heavy atom. The highest BCUT2D eigenvalue weighted by Crippen LogP contribution is 2.37. The molecular weight excluding hydrogens is 424 g/mol. The molecule has 162 valence electrons. The smallest absolute Gasteiger partial charge is 0.229 e. The van der Waals surface area contributed by atoms with Crippen LogP contribution in [0.2, 0.25) is 0 Å². The highest BCUT2D eigenvalue weighted by Gasteiger charge is 2.14. The minimum atomic E-state index is -3.38. The van der Waals surface area contributed by atoms with Gasteiger partial charge in [0.2, 0.25) is 10.0 Å². The molecule has 0 atom stereocenters. The first kappa shape index (κ1) is 20.1. The zero-order valence-electron chi connectivity index (χ0n) is 17.9. The number of nitrogens with one attached hydrogen (secondary N) is 3. The van der Waals surface area contributed by atoms with Crippen LogP contribution < -0.4 is 14.8 Å². The van der Waals surface area contributed by atoms with Gasteiger partial charge in [-0.1, -0.05) is 18.2 Å². The standard InChI is InChI=1S/C24H22N4O3S/c1-14-6-4-7-17-16(14)13-21-24(27-17)23-19(8-5-9-20(23)26-21)25-18-11-10-15(12-22(18)31-2)28-32(3,29)30/h4-13,25-26,28H,1-3H3. The highest BCUT2D eigenvalue weighted by atomic mass is 32.2. The van der Waals surface area contributed by atoms with Gasteiger partial charge in [-0.15, -0.1) is 0 Å². The molecule has 32 heavy (non-hydrogen) atoms. The second kappa shape index (κ2) is 7.42. The number of aryl methyl sites for hydroxylation is 1. The van der Waals surface area contributed by atoms with Crippen LogP contribution in [0.5, 0.6) is 5.75 Å². The monoisotopic (exact) mass is 446 g/mol. The van der Waals surface area contributed by atoms with Crippen LogP contribution in [0.15, 0.2) is 60.7 Å². The third kappa shape index (κ3) is 3.58. The number of methoxy groups -OCH3 is 1. The van der Waals surface area contributed by atoms with E-state index in [1.807, 2.05) is 30.3 Å². The summed E-state index contributed by atoms with van der Waals surface area (Å²) in [5.74, 6) is 0.518. The van der Waals surface area contributed by atoms with Gasteiger partial charge in [-0.05, 0) is 48.9 Å². The maximum atomic E-state index is 11.6. The first-order chi connectivity index (χ1) is 15.3. The molecule has 0 unspecified atom stereocenters. The zero-order valence-corrected chi connectivity index (χ0v) is 18.7. The predicted molar refractivity (Wildman–Crippen MR) is 131 cm³/mol. The molecule has 3 N–H and O–H groups in total. The molecule has 0 aliphatic rings. The van der Waals surface area contributed by atoms with E-state index in [1.54, 1.807) is 25.3 Å². The molecule has 8 heteroatoms. The molecule has 5 rings (SSSR count). The molecule has 0 saturated carbocycles. The van der Waals surface area contributed by atoms with E-state index in [0.29, 0.717) is 17.1 Å². The maximum absolute atomic E-state index is 11.6. The second-order valence-corrected chi connectivity index (χ2v) is 9.54. The summed E-state index contributed by atoms with van der Waals surface area (Å²) in [6.45, 7) is 2.08. The van der Waals surface area contributed by atoms with E-state index < -0.39 is 10.0 Å². The molecule has 0 amide bonds. The van der Waals surface area contributed by atoms with Gasteiger partial charge in [-0.3, -0.25) is 4.72 Å². The molecule has 2 aromatic heterocycles. The Labute approximate surface area is 185 Å². The molecule has 0 spiro atoms. The average Bonchev–Trinajstić information content (AvgIpc) is 3.11. The molecule has 0 aliphatic carbocycles. The molecule has 3 aromatic carbocycles. The number of fused-ring (bicyclic) bond motifs is 4. The van der Waals surface area contributed by atoms with Crippen molar-refractivity contribution in [2.75, 3.05) is 23.4 Å². The molecular formula is C24H22N4O3S. The van der Waals surface area contributed by atoms with E-state index >= 15 is 0 Å². The Morgan fingerprint density at radius 3 is 2.56 bits per heavy atom. The van der Waals surface area contributed by atoms with Crippen LogP contribution in [0.1, 0.15) is 5.56 Å². The topological polar surface area (TPSA) is 96.1 Å². The van der Waals surface area contributed by atoms with Gasteiger partial charge in [0.05, 0.1) is 52.5 Å². The summed E-state index contributed by atoms with van der Waals surface area (Å²) < 4.78 is 31.1. The zero-order chi connectivity index (χ0) is 22.5. The van der Waals surface area contributed by atoms with E-state index in [4.69, 9.17) is 9.72 Å². The maximum Gasteiger partial charge on any atom is 0.229 e. The minimum absolute atomic E-state index is 0.434. The van der Waals surface area contributed by atoms with E-state index in [0.717, 1.165) is 44.8 Å². The number of pyridine rings is 1. The largest absolute Gasteiger partial charge is 0.494 e. The van der Waals surface area contributed by atoms with Crippen LogP contribution in [0.3, 0.4) is 0 Å². The summed E-state index contributed by atoms with van der Waals surface area (Å²) in [6, 6.07) is 19.4. The molecule has 0 fully saturated rings. The van der Waals surface area contributed by atoms with Crippen molar-refractivity contribution in [2.45, 2.75) is 6.92 Å². The van der Waals surface area contributed by atoms with Crippen LogP contribution in [0.25, 0.3) is 32.8 Å². The summed E-state index contributed by atoms with van der Waals surface area (Å²) in [6.07, 6.45) is 1.11. The van der Waals surface area contributed by atoms with Gasteiger partial charge in [0, 0.05) is 16.8 Å². The lowest BCUT2D eigenvalue weighted by molar-refractivity contribution is 0.417. The van der Waals surface area contributed by atoms with E-state index in [9.17, 15) is 8.42 Å². The summed E-state index contributed by atoms with van der Waals surface area (Å²) in [5.41, 5.74) is 6.97.